The van der Waals surface area contributed by atoms with Crippen LogP contribution in [-0.2, 0) is 4.79 Å². The Bertz CT molecular complexity index is 2140. The summed E-state index contributed by atoms with van der Waals surface area (Å²) in [4.78, 5) is 32.9. The molecule has 1 aromatic heterocycles. The summed E-state index contributed by atoms with van der Waals surface area (Å²) < 4.78 is 25.3. The van der Waals surface area contributed by atoms with Crippen molar-refractivity contribution in [2.75, 3.05) is 20.3 Å². The highest BCUT2D eigenvalue weighted by Gasteiger charge is 2.33. The average molecular weight is 675 g/mol. The molecule has 0 saturated carbocycles. The third kappa shape index (κ3) is 7.52. The first kappa shape index (κ1) is 33.5. The molecule has 0 aliphatic carbocycles. The number of thiazole rings is 1. The standard InChI is InChI=1S/C40H38N2O6S/c1-5-26(2)29-17-19-31(20-18-29)46-22-23-47-33-21-16-28(24-34(33)45-4)25-35-38(43)42-37(30-12-8-6-9-13-30)36(27(3)41-40(42)49-35)39(44)48-32-14-10-7-11-15-32/h6-21,24-26,37H,5,22-23H2,1-4H3/b35-25+/t26-,37-/m1/s1. The van der Waals surface area contributed by atoms with E-state index in [-0.39, 0.29) is 5.56 Å². The van der Waals surface area contributed by atoms with Crippen LogP contribution in [0.25, 0.3) is 6.08 Å². The van der Waals surface area contributed by atoms with Gasteiger partial charge >= 0.3 is 5.97 Å². The number of para-hydroxylation sites is 1. The van der Waals surface area contributed by atoms with Gasteiger partial charge in [-0.3, -0.25) is 9.36 Å². The van der Waals surface area contributed by atoms with Gasteiger partial charge < -0.3 is 18.9 Å². The number of methoxy groups -OCH3 is 1. The van der Waals surface area contributed by atoms with Crippen LogP contribution >= 0.6 is 11.3 Å². The van der Waals surface area contributed by atoms with E-state index in [1.165, 1.54) is 16.9 Å². The molecular weight excluding hydrogens is 637 g/mol. The molecule has 2 atom stereocenters. The van der Waals surface area contributed by atoms with Crippen molar-refractivity contribution in [1.82, 2.24) is 4.57 Å². The van der Waals surface area contributed by atoms with Crippen LogP contribution < -0.4 is 33.8 Å². The molecule has 0 radical (unpaired) electrons. The molecule has 2 heterocycles. The second-order valence-corrected chi connectivity index (χ2v) is 12.7. The van der Waals surface area contributed by atoms with Crippen LogP contribution in [-0.4, -0.2) is 30.9 Å². The number of hydrogen-bond donors (Lipinski definition) is 0. The van der Waals surface area contributed by atoms with Gasteiger partial charge in [-0.2, -0.15) is 0 Å². The topological polar surface area (TPSA) is 88.4 Å². The lowest BCUT2D eigenvalue weighted by molar-refractivity contribution is -0.130. The zero-order valence-corrected chi connectivity index (χ0v) is 28.7. The second-order valence-electron chi connectivity index (χ2n) is 11.7. The van der Waals surface area contributed by atoms with Crippen molar-refractivity contribution in [3.63, 3.8) is 0 Å². The SMILES string of the molecule is CC[C@@H](C)c1ccc(OCCOc2ccc(/C=c3/sc4n(c3=O)[C@H](c3ccccc3)C(C(=O)Oc3ccccc3)=C(C)N=4)cc2OC)cc1. The molecule has 6 rings (SSSR count). The Morgan fingerprint density at radius 1 is 0.898 bits per heavy atom. The average Bonchev–Trinajstić information content (AvgIpc) is 3.43. The summed E-state index contributed by atoms with van der Waals surface area (Å²) in [7, 11) is 1.58. The number of ether oxygens (including phenoxy) is 4. The Balaban J connectivity index is 1.23. The van der Waals surface area contributed by atoms with Crippen LogP contribution in [0.1, 0.15) is 55.8 Å². The fraction of sp³-hybridized carbons (Fsp3) is 0.225. The van der Waals surface area contributed by atoms with E-state index in [4.69, 9.17) is 23.9 Å². The van der Waals surface area contributed by atoms with Gasteiger partial charge in [0, 0.05) is 0 Å². The third-order valence-corrected chi connectivity index (χ3v) is 9.45. The van der Waals surface area contributed by atoms with Crippen molar-refractivity contribution in [3.8, 4) is 23.0 Å². The summed E-state index contributed by atoms with van der Waals surface area (Å²) >= 11 is 1.27. The smallest absolute Gasteiger partial charge is 0.343 e. The van der Waals surface area contributed by atoms with Gasteiger partial charge in [0.05, 0.1) is 29.0 Å². The Kier molecular flexibility index (Phi) is 10.4. The van der Waals surface area contributed by atoms with Crippen molar-refractivity contribution in [2.24, 2.45) is 4.99 Å². The van der Waals surface area contributed by atoms with Crippen molar-refractivity contribution in [2.45, 2.75) is 39.2 Å². The summed E-state index contributed by atoms with van der Waals surface area (Å²) in [6.45, 7) is 6.87. The van der Waals surface area contributed by atoms with Gasteiger partial charge in [-0.15, -0.1) is 0 Å². The summed E-state index contributed by atoms with van der Waals surface area (Å²) in [6, 6.07) is 31.3. The maximum atomic E-state index is 14.1. The van der Waals surface area contributed by atoms with E-state index in [0.29, 0.717) is 57.0 Å². The fourth-order valence-electron chi connectivity index (χ4n) is 5.67. The fourth-order valence-corrected chi connectivity index (χ4v) is 6.71. The van der Waals surface area contributed by atoms with Crippen molar-refractivity contribution < 1.29 is 23.7 Å². The van der Waals surface area contributed by atoms with Crippen molar-refractivity contribution in [3.05, 3.63) is 151 Å². The van der Waals surface area contributed by atoms with Crippen LogP contribution in [0, 0.1) is 0 Å². The summed E-state index contributed by atoms with van der Waals surface area (Å²) in [5.74, 6) is 2.27. The molecule has 250 valence electrons. The first-order valence-electron chi connectivity index (χ1n) is 16.2. The summed E-state index contributed by atoms with van der Waals surface area (Å²) in [6.07, 6.45) is 2.89. The highest BCUT2D eigenvalue weighted by molar-refractivity contribution is 7.07. The lowest BCUT2D eigenvalue weighted by Gasteiger charge is -2.24. The van der Waals surface area contributed by atoms with Gasteiger partial charge in [0.15, 0.2) is 16.3 Å². The molecule has 0 amide bonds. The van der Waals surface area contributed by atoms with E-state index >= 15 is 0 Å². The number of carbonyl (C=O) groups is 1. The van der Waals surface area contributed by atoms with E-state index in [1.54, 1.807) is 48.9 Å². The van der Waals surface area contributed by atoms with Crippen molar-refractivity contribution in [1.29, 1.82) is 0 Å². The van der Waals surface area contributed by atoms with Crippen LogP contribution in [0.15, 0.2) is 124 Å². The molecule has 1 aliphatic heterocycles. The largest absolute Gasteiger partial charge is 0.493 e. The minimum atomic E-state index is -0.707. The summed E-state index contributed by atoms with van der Waals surface area (Å²) in [5.41, 5.74) is 3.37. The van der Waals surface area contributed by atoms with Gasteiger partial charge in [0.1, 0.15) is 24.7 Å². The highest BCUT2D eigenvalue weighted by atomic mass is 32.1. The number of fused-ring (bicyclic) bond motifs is 1. The number of aromatic nitrogens is 1. The quantitative estimate of drug-likeness (QED) is 0.0820. The maximum Gasteiger partial charge on any atom is 0.343 e. The van der Waals surface area contributed by atoms with Gasteiger partial charge in [-0.05, 0) is 78.4 Å². The number of benzene rings is 4. The summed E-state index contributed by atoms with van der Waals surface area (Å²) in [5, 5.41) is 0. The predicted octanol–water partition coefficient (Wildman–Crippen LogP) is 6.82. The Hall–Kier alpha value is -5.41. The first-order chi connectivity index (χ1) is 23.9. The van der Waals surface area contributed by atoms with Crippen LogP contribution in [0.2, 0.25) is 0 Å². The molecule has 8 nitrogen and oxygen atoms in total. The first-order valence-corrected chi connectivity index (χ1v) is 17.1. The minimum absolute atomic E-state index is 0.260. The Labute approximate surface area is 289 Å². The van der Waals surface area contributed by atoms with E-state index in [0.717, 1.165) is 23.3 Å². The minimum Gasteiger partial charge on any atom is -0.493 e. The van der Waals surface area contributed by atoms with Gasteiger partial charge in [0.2, 0.25) is 0 Å². The van der Waals surface area contributed by atoms with Gasteiger partial charge in [0.25, 0.3) is 5.56 Å². The van der Waals surface area contributed by atoms with E-state index in [1.807, 2.05) is 66.7 Å². The third-order valence-electron chi connectivity index (χ3n) is 8.47. The van der Waals surface area contributed by atoms with Crippen LogP contribution in [0.4, 0.5) is 0 Å². The molecular formula is C40H38N2O6S. The van der Waals surface area contributed by atoms with Gasteiger partial charge in [-0.1, -0.05) is 91.9 Å². The molecule has 1 aliphatic rings. The molecule has 0 N–H and O–H groups in total. The van der Waals surface area contributed by atoms with Crippen LogP contribution in [0.3, 0.4) is 0 Å². The predicted molar refractivity (Wildman–Crippen MR) is 191 cm³/mol. The highest BCUT2D eigenvalue weighted by Crippen LogP contribution is 2.32. The molecule has 0 fully saturated rings. The maximum absolute atomic E-state index is 14.1. The molecule has 0 saturated heterocycles. The molecule has 0 bridgehead atoms. The molecule has 0 spiro atoms. The van der Waals surface area contributed by atoms with E-state index in [9.17, 15) is 9.59 Å². The molecule has 49 heavy (non-hydrogen) atoms. The number of esters is 1. The van der Waals surface area contributed by atoms with E-state index in [2.05, 4.69) is 26.0 Å². The number of rotatable bonds is 12. The van der Waals surface area contributed by atoms with E-state index < -0.39 is 12.0 Å². The monoisotopic (exact) mass is 674 g/mol. The number of hydrogen-bond acceptors (Lipinski definition) is 8. The Morgan fingerprint density at radius 3 is 2.29 bits per heavy atom. The number of carbonyl (C=O) groups excluding carboxylic acids is 1. The lowest BCUT2D eigenvalue weighted by atomic mass is 9.96. The number of nitrogens with zero attached hydrogens (tertiary/aromatic N) is 2. The normalized spacial score (nSPS) is 14.9. The zero-order chi connectivity index (χ0) is 34.3. The zero-order valence-electron chi connectivity index (χ0n) is 27.9. The molecule has 0 unspecified atom stereocenters. The Morgan fingerprint density at radius 2 is 1.59 bits per heavy atom. The lowest BCUT2D eigenvalue weighted by Crippen LogP contribution is -2.40. The number of allylic oxidation sites excluding steroid dienone is 1. The molecule has 4 aromatic carbocycles. The van der Waals surface area contributed by atoms with Crippen LogP contribution in [0.5, 0.6) is 23.0 Å². The van der Waals surface area contributed by atoms with Gasteiger partial charge in [-0.25, -0.2) is 9.79 Å². The molecule has 5 aromatic rings. The second kappa shape index (κ2) is 15.2. The molecule has 9 heteroatoms. The van der Waals surface area contributed by atoms with Crippen molar-refractivity contribution >= 4 is 23.4 Å².